The van der Waals surface area contributed by atoms with Gasteiger partial charge in [0, 0.05) is 25.2 Å². The van der Waals surface area contributed by atoms with Crippen molar-refractivity contribution in [2.75, 3.05) is 31.9 Å². The number of hydrogen-bond acceptors (Lipinski definition) is 14. The lowest BCUT2D eigenvalue weighted by atomic mass is 10.0. The Morgan fingerprint density at radius 3 is 2.62 bits per heavy atom. The van der Waals surface area contributed by atoms with Crippen LogP contribution in [0.1, 0.15) is 26.5 Å². The van der Waals surface area contributed by atoms with E-state index in [0.29, 0.717) is 17.7 Å². The van der Waals surface area contributed by atoms with Gasteiger partial charge in [-0.2, -0.15) is 0 Å². The summed E-state index contributed by atoms with van der Waals surface area (Å²) >= 11 is 2.37. The number of aromatic nitrogens is 1. The van der Waals surface area contributed by atoms with E-state index >= 15 is 0 Å². The fourth-order valence-corrected chi connectivity index (χ4v) is 5.53. The summed E-state index contributed by atoms with van der Waals surface area (Å²) in [6, 6.07) is -1.00. The minimum absolute atomic E-state index is 0.0429. The molecule has 0 saturated carbocycles. The van der Waals surface area contributed by atoms with Crippen molar-refractivity contribution in [3.8, 4) is 0 Å². The van der Waals surface area contributed by atoms with E-state index in [-0.39, 0.29) is 28.8 Å². The van der Waals surface area contributed by atoms with E-state index < -0.39 is 47.7 Å². The lowest BCUT2D eigenvalue weighted by Gasteiger charge is -2.49. The first-order valence-corrected chi connectivity index (χ1v) is 13.4. The van der Waals surface area contributed by atoms with Crippen molar-refractivity contribution in [3.05, 3.63) is 22.3 Å². The number of carbonyl (C=O) groups is 5. The zero-order valence-electron chi connectivity index (χ0n) is 21.6. The number of nitrogens with zero attached hydrogens (tertiary/aromatic N) is 3. The minimum atomic E-state index is -1.30. The third-order valence-electron chi connectivity index (χ3n) is 5.04. The van der Waals surface area contributed by atoms with Gasteiger partial charge >= 0.3 is 12.1 Å². The maximum Gasteiger partial charge on any atom is 0.511 e. The average molecular weight is 586 g/mol. The zero-order chi connectivity index (χ0) is 28.7. The van der Waals surface area contributed by atoms with Gasteiger partial charge in [0.2, 0.25) is 12.7 Å². The number of ether oxygens (including phenoxy) is 4. The van der Waals surface area contributed by atoms with Crippen molar-refractivity contribution in [3.63, 3.8) is 0 Å². The Morgan fingerprint density at radius 2 is 1.97 bits per heavy atom. The summed E-state index contributed by atoms with van der Waals surface area (Å²) < 4.78 is 20.2. The van der Waals surface area contributed by atoms with E-state index in [9.17, 15) is 24.0 Å². The molecule has 2 aliphatic rings. The number of rotatable bonds is 12. The van der Waals surface area contributed by atoms with Crippen LogP contribution in [0.15, 0.2) is 21.8 Å². The van der Waals surface area contributed by atoms with Gasteiger partial charge in [-0.05, 0) is 19.4 Å². The number of carbonyl (C=O) groups excluding carboxylic acids is 5. The average Bonchev–Trinajstić information content (AvgIpc) is 3.33. The van der Waals surface area contributed by atoms with Gasteiger partial charge in [0.15, 0.2) is 10.8 Å². The van der Waals surface area contributed by atoms with Crippen molar-refractivity contribution in [2.24, 2.45) is 5.16 Å². The van der Waals surface area contributed by atoms with Crippen molar-refractivity contribution >= 4 is 64.3 Å². The molecule has 39 heavy (non-hydrogen) atoms. The molecule has 3 rings (SSSR count). The quantitative estimate of drug-likeness (QED) is 0.0880. The number of thioether (sulfide) groups is 1. The minimum Gasteiger partial charge on any atom is -0.431 e. The summed E-state index contributed by atoms with van der Waals surface area (Å²) in [5.41, 5.74) is 0.339. The molecule has 0 bridgehead atoms. The van der Waals surface area contributed by atoms with Crippen LogP contribution in [0.2, 0.25) is 0 Å². The first kappa shape index (κ1) is 29.9. The second kappa shape index (κ2) is 13.4. The normalized spacial score (nSPS) is 19.5. The predicted octanol–water partition coefficient (Wildman–Crippen LogP) is 0.813. The smallest absolute Gasteiger partial charge is 0.431 e. The number of anilines is 1. The highest BCUT2D eigenvalue weighted by Gasteiger charge is 2.55. The van der Waals surface area contributed by atoms with E-state index in [0.717, 1.165) is 11.3 Å². The number of thiazole rings is 1. The Hall–Kier alpha value is -3.70. The predicted molar refractivity (Wildman–Crippen MR) is 138 cm³/mol. The fourth-order valence-electron chi connectivity index (χ4n) is 3.55. The Balaban J connectivity index is 1.74. The molecule has 0 radical (unpaired) electrons. The molecule has 0 aromatic carbocycles. The van der Waals surface area contributed by atoms with Gasteiger partial charge in [0.25, 0.3) is 11.8 Å². The molecule has 3 atom stereocenters. The van der Waals surface area contributed by atoms with Crippen LogP contribution >= 0.6 is 23.1 Å². The van der Waals surface area contributed by atoms with Crippen molar-refractivity contribution < 1.29 is 47.8 Å². The summed E-state index contributed by atoms with van der Waals surface area (Å²) in [4.78, 5) is 71.7. The molecule has 0 spiro atoms. The second-order valence-corrected chi connectivity index (χ2v) is 10.1. The van der Waals surface area contributed by atoms with Crippen LogP contribution in [0.25, 0.3) is 0 Å². The number of methoxy groups -OCH3 is 1. The Bertz CT molecular complexity index is 1180. The highest BCUT2D eigenvalue weighted by atomic mass is 32.2. The molecule has 2 aliphatic heterocycles. The van der Waals surface area contributed by atoms with Gasteiger partial charge in [-0.1, -0.05) is 5.16 Å². The summed E-state index contributed by atoms with van der Waals surface area (Å²) in [6.45, 7) is 4.64. The molecule has 1 fully saturated rings. The molecule has 0 aliphatic carbocycles. The van der Waals surface area contributed by atoms with Gasteiger partial charge in [0.1, 0.15) is 29.9 Å². The highest BCUT2D eigenvalue weighted by molar-refractivity contribution is 8.00. The number of oxime groups is 1. The lowest BCUT2D eigenvalue weighted by molar-refractivity contribution is -0.169. The second-order valence-electron chi connectivity index (χ2n) is 8.18. The van der Waals surface area contributed by atoms with Gasteiger partial charge in [-0.25, -0.2) is 14.6 Å². The molecule has 1 saturated heterocycles. The van der Waals surface area contributed by atoms with Crippen molar-refractivity contribution in [1.29, 1.82) is 0 Å². The van der Waals surface area contributed by atoms with Gasteiger partial charge in [-0.15, -0.1) is 23.1 Å². The fraction of sp³-hybridized carbons (Fsp3) is 0.500. The molecule has 1 aromatic heterocycles. The topological polar surface area (TPSA) is 184 Å². The molecule has 2 N–H and O–H groups in total. The third-order valence-corrected chi connectivity index (χ3v) is 7.15. The van der Waals surface area contributed by atoms with E-state index in [4.69, 9.17) is 23.8 Å². The maximum absolute atomic E-state index is 13.2. The molecule has 15 nitrogen and oxygen atoms in total. The number of hydrogen-bond donors (Lipinski definition) is 2. The van der Waals surface area contributed by atoms with Crippen LogP contribution in [0, 0.1) is 0 Å². The van der Waals surface area contributed by atoms with Crippen LogP contribution in [0.4, 0.5) is 9.93 Å². The molecular formula is C22H27N5O10S2. The summed E-state index contributed by atoms with van der Waals surface area (Å²) in [5.74, 6) is -1.93. The molecule has 3 heterocycles. The number of nitrogens with one attached hydrogen (secondary N) is 2. The molecule has 212 valence electrons. The first-order chi connectivity index (χ1) is 18.6. The lowest BCUT2D eigenvalue weighted by Crippen LogP contribution is -2.71. The van der Waals surface area contributed by atoms with Gasteiger partial charge in [-0.3, -0.25) is 19.3 Å². The summed E-state index contributed by atoms with van der Waals surface area (Å²) in [7, 11) is 2.68. The van der Waals surface area contributed by atoms with Gasteiger partial charge < -0.3 is 34.4 Å². The Morgan fingerprint density at radius 1 is 1.23 bits per heavy atom. The summed E-state index contributed by atoms with van der Waals surface area (Å²) in [6.07, 6.45) is -2.31. The molecule has 3 amide bonds. The van der Waals surface area contributed by atoms with E-state index in [1.54, 1.807) is 13.8 Å². The van der Waals surface area contributed by atoms with Crippen LogP contribution in [-0.4, -0.2) is 96.3 Å². The number of fused-ring (bicyclic) bond motifs is 1. The number of amides is 3. The molecular weight excluding hydrogens is 558 g/mol. The maximum atomic E-state index is 13.2. The van der Waals surface area contributed by atoms with Crippen LogP contribution in [-0.2, 0) is 43.0 Å². The SMILES string of the molecule is COCC1=C(C(=O)OC(C)OC(=O)OC(C)C)N2C(=O)[C@@H](NC(=O)/C(=N\OC)c3csc(NC=O)n3)[C@H]2SC1. The number of β-lactam (4-membered cyclic amide) rings is 1. The van der Waals surface area contributed by atoms with E-state index in [2.05, 4.69) is 20.8 Å². The Labute approximate surface area is 231 Å². The van der Waals surface area contributed by atoms with Crippen molar-refractivity contribution in [2.45, 2.75) is 44.6 Å². The zero-order valence-corrected chi connectivity index (χ0v) is 23.3. The van der Waals surface area contributed by atoms with E-state index in [1.807, 2.05) is 0 Å². The number of esters is 1. The van der Waals surface area contributed by atoms with E-state index in [1.165, 1.54) is 43.2 Å². The monoisotopic (exact) mass is 585 g/mol. The molecule has 17 heteroatoms. The van der Waals surface area contributed by atoms with Crippen LogP contribution in [0.5, 0.6) is 0 Å². The first-order valence-electron chi connectivity index (χ1n) is 11.4. The van der Waals surface area contributed by atoms with Gasteiger partial charge in [0.05, 0.1) is 12.7 Å². The third kappa shape index (κ3) is 7.04. The molecule has 1 unspecified atom stereocenters. The van der Waals surface area contributed by atoms with Crippen LogP contribution < -0.4 is 10.6 Å². The standard InChI is InChI=1S/C22H27N5O10S2/c1-10(2)35-22(32)37-11(3)36-20(31)16-12(6-33-4)7-38-19-15(18(30)27(16)19)25-17(29)14(26-34-5)13-8-39-21(24-13)23-9-28/h8-11,15,19H,6-7H2,1-5H3,(H,25,29)(H,23,24,28)/b26-14-/t11?,15-,19-/m1/s1. The van der Waals surface area contributed by atoms with Crippen LogP contribution in [0.3, 0.4) is 0 Å². The van der Waals surface area contributed by atoms with Crippen molar-refractivity contribution in [1.82, 2.24) is 15.2 Å². The summed E-state index contributed by atoms with van der Waals surface area (Å²) in [5, 5.41) is 9.77. The highest BCUT2D eigenvalue weighted by Crippen LogP contribution is 2.41. The largest absolute Gasteiger partial charge is 0.511 e. The Kier molecular flexibility index (Phi) is 10.2. The molecule has 1 aromatic rings.